The predicted octanol–water partition coefficient (Wildman–Crippen LogP) is 20.3. The van der Waals surface area contributed by atoms with E-state index in [0.29, 0.717) is 14.5 Å². The van der Waals surface area contributed by atoms with Crippen LogP contribution in [0.5, 0.6) is 0 Å². The van der Waals surface area contributed by atoms with Gasteiger partial charge in [0.2, 0.25) is 19.7 Å². The first-order chi connectivity index (χ1) is 49.3. The molecule has 1 fully saturated rings. The number of aromatic nitrogens is 3. The van der Waals surface area contributed by atoms with Crippen molar-refractivity contribution in [2.24, 2.45) is 0 Å². The zero-order valence-corrected chi connectivity index (χ0v) is 60.3. The number of carbonyl (C=O) groups excluding carboxylic acids is 2. The highest BCUT2D eigenvalue weighted by molar-refractivity contribution is 9.10. The number of fused-ring (bicyclic) bond motifs is 13. The summed E-state index contributed by atoms with van der Waals surface area (Å²) in [5.74, 6) is -0.574. The Bertz CT molecular complexity index is 6420. The SMILES string of the molecule is CC1(C)OB(c2ccc3c(c2)c2ccccc2n3-c2ccccc2)OC1(C)C.O=C1c2ccc(-c3ccc4c(c3)c3ccccc3n4-c3ccccc3)cc2S(=O)(=O)c2cccc(-c3ccc4c(c3)c3ccccc3n4-c3ccccc3)c21.O=C1c2ccc(Br)cc2S(=O)(=O)c2cccc(Br)c21. The van der Waals surface area contributed by atoms with E-state index in [1.807, 2.05) is 91.0 Å². The largest absolute Gasteiger partial charge is 0.494 e. The lowest BCUT2D eigenvalue weighted by molar-refractivity contribution is 0.00578. The number of hydrogen-bond donors (Lipinski definition) is 0. The lowest BCUT2D eigenvalue weighted by Gasteiger charge is -2.32. The molecule has 11 nitrogen and oxygen atoms in total. The van der Waals surface area contributed by atoms with Gasteiger partial charge in [0, 0.05) is 75.0 Å². The lowest BCUT2D eigenvalue weighted by atomic mass is 9.78. The summed E-state index contributed by atoms with van der Waals surface area (Å²) in [5, 5.41) is 6.72. The zero-order valence-electron chi connectivity index (χ0n) is 55.5. The van der Waals surface area contributed by atoms with Crippen LogP contribution >= 0.6 is 31.9 Å². The van der Waals surface area contributed by atoms with Gasteiger partial charge in [0.15, 0.2) is 11.6 Å². The Kier molecular flexibility index (Phi) is 15.6. The Balaban J connectivity index is 0.000000136. The second-order valence-corrected chi connectivity index (χ2v) is 32.2. The molecule has 102 heavy (non-hydrogen) atoms. The minimum Gasteiger partial charge on any atom is -0.399 e. The molecular formula is C86H60BBr2N3O8S2. The van der Waals surface area contributed by atoms with Gasteiger partial charge in [-0.3, -0.25) is 9.59 Å². The van der Waals surface area contributed by atoms with E-state index in [0.717, 1.165) is 82.8 Å². The van der Waals surface area contributed by atoms with Crippen molar-refractivity contribution in [1.29, 1.82) is 0 Å². The highest BCUT2D eigenvalue weighted by Crippen LogP contribution is 2.45. The van der Waals surface area contributed by atoms with Gasteiger partial charge < -0.3 is 23.0 Å². The number of halogens is 2. The summed E-state index contributed by atoms with van der Waals surface area (Å²) < 4.78 is 74.7. The average Bonchev–Trinajstić information content (AvgIpc) is 1.19. The molecule has 1 saturated heterocycles. The zero-order chi connectivity index (χ0) is 70.1. The second kappa shape index (κ2) is 24.6. The molecular weight excluding hydrogens is 1440 g/mol. The van der Waals surface area contributed by atoms with Gasteiger partial charge in [-0.1, -0.05) is 174 Å². The molecule has 0 atom stereocenters. The molecule has 0 radical (unpaired) electrons. The number of rotatable bonds is 6. The Morgan fingerprint density at radius 2 is 0.706 bits per heavy atom. The van der Waals surface area contributed by atoms with Gasteiger partial charge in [-0.05, 0) is 205 Å². The number of sulfone groups is 2. The van der Waals surface area contributed by atoms with Crippen LogP contribution in [0.25, 0.3) is 105 Å². The van der Waals surface area contributed by atoms with Crippen molar-refractivity contribution in [3.05, 3.63) is 322 Å². The lowest BCUT2D eigenvalue weighted by Crippen LogP contribution is -2.41. The molecule has 0 spiro atoms. The molecule has 0 bridgehead atoms. The monoisotopic (exact) mass is 1500 g/mol. The molecule has 0 unspecified atom stereocenters. The van der Waals surface area contributed by atoms with E-state index in [4.69, 9.17) is 9.31 Å². The van der Waals surface area contributed by atoms with Crippen molar-refractivity contribution >= 4 is 141 Å². The van der Waals surface area contributed by atoms with Gasteiger partial charge in [-0.2, -0.15) is 0 Å². The topological polar surface area (TPSA) is 136 Å². The second-order valence-electron chi connectivity index (χ2n) is 26.7. The van der Waals surface area contributed by atoms with Crippen LogP contribution in [-0.4, -0.2) is 60.4 Å². The third-order valence-electron chi connectivity index (χ3n) is 20.3. The molecule has 3 aliphatic rings. The highest BCUT2D eigenvalue weighted by atomic mass is 79.9. The van der Waals surface area contributed by atoms with Crippen LogP contribution < -0.4 is 5.46 Å². The van der Waals surface area contributed by atoms with Crippen molar-refractivity contribution in [2.45, 2.75) is 58.5 Å². The molecule has 0 saturated carbocycles. The van der Waals surface area contributed by atoms with Crippen molar-refractivity contribution < 1.29 is 35.7 Å². The van der Waals surface area contributed by atoms with Crippen LogP contribution in [0.3, 0.4) is 0 Å². The number of ketones is 2. The summed E-state index contributed by atoms with van der Waals surface area (Å²) in [6.45, 7) is 8.36. The van der Waals surface area contributed by atoms with Crippen molar-refractivity contribution in [3.8, 4) is 39.3 Å². The van der Waals surface area contributed by atoms with Gasteiger partial charge in [0.1, 0.15) is 0 Å². The molecule has 16 heteroatoms. The Morgan fingerprint density at radius 1 is 0.324 bits per heavy atom. The van der Waals surface area contributed by atoms with E-state index in [-0.39, 0.29) is 71.7 Å². The summed E-state index contributed by atoms with van der Waals surface area (Å²) in [4.78, 5) is 27.1. The summed E-state index contributed by atoms with van der Waals surface area (Å²) in [6.07, 6.45) is 0. The number of para-hydroxylation sites is 6. The summed E-state index contributed by atoms with van der Waals surface area (Å²) in [5.41, 5.74) is 14.1. The molecule has 0 N–H and O–H groups in total. The number of nitrogens with zero attached hydrogens (tertiary/aromatic N) is 3. The van der Waals surface area contributed by atoms with Crippen LogP contribution in [0.4, 0.5) is 0 Å². The molecule has 3 aromatic heterocycles. The smallest absolute Gasteiger partial charge is 0.399 e. The van der Waals surface area contributed by atoms with Crippen molar-refractivity contribution in [1.82, 2.24) is 13.7 Å². The maximum absolute atomic E-state index is 14.5. The van der Waals surface area contributed by atoms with Gasteiger partial charge in [-0.15, -0.1) is 0 Å². The first-order valence-corrected chi connectivity index (χ1v) is 37.9. The molecule has 6 heterocycles. The summed E-state index contributed by atoms with van der Waals surface area (Å²) in [6, 6.07) is 94.7. The maximum Gasteiger partial charge on any atom is 0.494 e. The van der Waals surface area contributed by atoms with E-state index in [1.165, 1.54) is 40.0 Å². The van der Waals surface area contributed by atoms with Crippen LogP contribution in [0.2, 0.25) is 0 Å². The standard InChI is InChI=1S/C49H30N2O3S.C24H24BNO2.C13H6Br2O3S/c52-49-39-25-22-32(31-23-26-44-40(28-31)37-16-7-9-19-42(37)50(44)34-12-3-1-4-13-34)30-47(39)55(53,54)46-21-11-18-36(48(46)49)33-24-27-45-41(29-33)38-17-8-10-20-43(38)51(45)35-14-5-2-6-15-35;1-23(2)24(3,4)28-25(27-23)17-14-15-22-20(16-17)19-12-8-9-13-21(19)26(22)18-10-6-5-7-11-18;14-7-4-5-8-11(6-7)19(17,18)10-3-1-2-9(15)12(10)13(8)16/h1-30H;5-16H,1-4H3;1-6H. The first kappa shape index (κ1) is 64.8. The Morgan fingerprint density at radius 3 is 1.23 bits per heavy atom. The number of hydrogen-bond acceptors (Lipinski definition) is 8. The van der Waals surface area contributed by atoms with E-state index in [9.17, 15) is 26.4 Å². The molecule has 496 valence electrons. The third kappa shape index (κ3) is 10.5. The Labute approximate surface area is 606 Å². The van der Waals surface area contributed by atoms with E-state index in [2.05, 4.69) is 213 Å². The van der Waals surface area contributed by atoms with Crippen molar-refractivity contribution in [2.75, 3.05) is 0 Å². The van der Waals surface area contributed by atoms with Crippen molar-refractivity contribution in [3.63, 3.8) is 0 Å². The van der Waals surface area contributed by atoms with Gasteiger partial charge in [-0.25, -0.2) is 16.8 Å². The molecule has 16 aromatic rings. The maximum atomic E-state index is 14.5. The highest BCUT2D eigenvalue weighted by Gasteiger charge is 2.52. The molecule has 19 rings (SSSR count). The molecule has 13 aromatic carbocycles. The van der Waals surface area contributed by atoms with Crippen LogP contribution in [-0.2, 0) is 29.0 Å². The first-order valence-electron chi connectivity index (χ1n) is 33.3. The van der Waals surface area contributed by atoms with E-state index >= 15 is 0 Å². The quantitative estimate of drug-likeness (QED) is 0.150. The van der Waals surface area contributed by atoms with Crippen LogP contribution in [0.15, 0.2) is 320 Å². The van der Waals surface area contributed by atoms with Crippen LogP contribution in [0, 0.1) is 0 Å². The summed E-state index contributed by atoms with van der Waals surface area (Å²) >= 11 is 6.48. The fourth-order valence-electron chi connectivity index (χ4n) is 14.7. The third-order valence-corrected chi connectivity index (χ3v) is 25.1. The van der Waals surface area contributed by atoms with E-state index < -0.39 is 19.7 Å². The summed E-state index contributed by atoms with van der Waals surface area (Å²) in [7, 11) is -8.06. The molecule has 0 aliphatic carbocycles. The normalized spacial score (nSPS) is 15.2. The minimum absolute atomic E-state index is 0.0350. The van der Waals surface area contributed by atoms with Crippen LogP contribution in [0.1, 0.15) is 59.5 Å². The fraction of sp³-hybridized carbons (Fsp3) is 0.0698. The van der Waals surface area contributed by atoms with Gasteiger partial charge in [0.25, 0.3) is 0 Å². The average molecular weight is 1500 g/mol. The molecule has 0 amide bonds. The fourth-order valence-corrected chi connectivity index (χ4v) is 19.3. The van der Waals surface area contributed by atoms with E-state index in [1.54, 1.807) is 42.5 Å². The predicted molar refractivity (Wildman–Crippen MR) is 415 cm³/mol. The van der Waals surface area contributed by atoms with Gasteiger partial charge >= 0.3 is 7.12 Å². The van der Waals surface area contributed by atoms with Gasteiger partial charge in [0.05, 0.1) is 69.4 Å². The molecule has 3 aliphatic heterocycles. The number of benzene rings is 13. The Hall–Kier alpha value is -10.6. The number of carbonyl (C=O) groups is 2. The minimum atomic E-state index is -4.04.